The molecule has 2 aromatic rings. The molecule has 3 heterocycles. The molecule has 6 heteroatoms. The van der Waals surface area contributed by atoms with Crippen LogP contribution in [0.4, 0.5) is 0 Å². The summed E-state index contributed by atoms with van der Waals surface area (Å²) in [4.78, 5) is 18.4. The van der Waals surface area contributed by atoms with E-state index in [9.17, 15) is 9.90 Å². The van der Waals surface area contributed by atoms with Gasteiger partial charge in [0.05, 0.1) is 6.04 Å². The van der Waals surface area contributed by atoms with E-state index in [0.717, 1.165) is 56.4 Å². The summed E-state index contributed by atoms with van der Waals surface area (Å²) in [6.45, 7) is 11.5. The second kappa shape index (κ2) is 12.7. The van der Waals surface area contributed by atoms with Crippen LogP contribution >= 0.6 is 0 Å². The van der Waals surface area contributed by atoms with Crippen molar-refractivity contribution in [2.45, 2.75) is 95.4 Å². The smallest absolute Gasteiger partial charge is 0.265 e. The average molecular weight is 531 g/mol. The molecule has 0 aromatic heterocycles. The Balaban J connectivity index is 1.45. The Morgan fingerprint density at radius 2 is 1.64 bits per heavy atom. The van der Waals surface area contributed by atoms with E-state index < -0.39 is 0 Å². The van der Waals surface area contributed by atoms with Crippen molar-refractivity contribution in [2.75, 3.05) is 19.6 Å². The van der Waals surface area contributed by atoms with Gasteiger partial charge < -0.3 is 5.11 Å². The Morgan fingerprint density at radius 3 is 2.33 bits per heavy atom. The van der Waals surface area contributed by atoms with E-state index in [1.165, 1.54) is 25.7 Å². The number of hydrazine groups is 1. The highest BCUT2D eigenvalue weighted by Crippen LogP contribution is 2.43. The molecule has 5 rings (SSSR count). The number of phenolic OH excluding ortho intramolecular Hbond substituents is 1. The number of phenols is 1. The van der Waals surface area contributed by atoms with E-state index >= 15 is 0 Å². The highest BCUT2D eigenvalue weighted by atomic mass is 16.3. The van der Waals surface area contributed by atoms with Gasteiger partial charge in [-0.2, -0.15) is 0 Å². The van der Waals surface area contributed by atoms with Crippen LogP contribution in [0, 0.1) is 0 Å². The maximum atomic E-state index is 13.1. The van der Waals surface area contributed by atoms with E-state index in [0.29, 0.717) is 29.7 Å². The monoisotopic (exact) mass is 530 g/mol. The van der Waals surface area contributed by atoms with Crippen molar-refractivity contribution in [3.05, 3.63) is 77.9 Å². The van der Waals surface area contributed by atoms with Crippen molar-refractivity contribution in [3.8, 4) is 5.75 Å². The Bertz CT molecular complexity index is 1110. The summed E-state index contributed by atoms with van der Waals surface area (Å²) in [6.07, 6.45) is 11.4. The first-order valence-electron chi connectivity index (χ1n) is 15.0. The van der Waals surface area contributed by atoms with Crippen LogP contribution in [0.1, 0.15) is 92.7 Å². The second-order valence-electron chi connectivity index (χ2n) is 11.9. The Labute approximate surface area is 234 Å². The fraction of sp³-hybridized carbons (Fsp3) is 0.545. The fourth-order valence-corrected chi connectivity index (χ4v) is 7.26. The van der Waals surface area contributed by atoms with Gasteiger partial charge in [0, 0.05) is 49.4 Å². The Hall–Kier alpha value is -2.67. The molecule has 0 radical (unpaired) electrons. The summed E-state index contributed by atoms with van der Waals surface area (Å²) in [7, 11) is 0. The molecule has 6 nitrogen and oxygen atoms in total. The third-order valence-electron chi connectivity index (χ3n) is 9.27. The van der Waals surface area contributed by atoms with Crippen molar-refractivity contribution in [2.24, 2.45) is 0 Å². The number of hydrogen-bond acceptors (Lipinski definition) is 5. The molecule has 5 atom stereocenters. The van der Waals surface area contributed by atoms with Crippen LogP contribution in [0.5, 0.6) is 5.75 Å². The highest BCUT2D eigenvalue weighted by Gasteiger charge is 2.45. The molecule has 39 heavy (non-hydrogen) atoms. The van der Waals surface area contributed by atoms with E-state index in [1.807, 2.05) is 30.3 Å². The lowest BCUT2D eigenvalue weighted by Gasteiger charge is -2.56. The zero-order chi connectivity index (χ0) is 27.4. The predicted octanol–water partition coefficient (Wildman–Crippen LogP) is 5.89. The van der Waals surface area contributed by atoms with Gasteiger partial charge in [0.15, 0.2) is 0 Å². The van der Waals surface area contributed by atoms with Crippen LogP contribution in [0.25, 0.3) is 0 Å². The van der Waals surface area contributed by atoms with Gasteiger partial charge in [0.2, 0.25) is 0 Å². The predicted molar refractivity (Wildman–Crippen MR) is 158 cm³/mol. The van der Waals surface area contributed by atoms with Crippen LogP contribution in [-0.2, 0) is 0 Å². The van der Waals surface area contributed by atoms with Crippen molar-refractivity contribution in [1.82, 2.24) is 20.2 Å². The maximum absolute atomic E-state index is 13.1. The van der Waals surface area contributed by atoms with Gasteiger partial charge in [-0.05, 0) is 87.8 Å². The SMILES string of the molecule is C=CCN1C(C)CCC2C1CCC(C)N2C(c1ccc(C(=O)NN2CCCCCC2)cc1)c1cccc(O)c1. The standard InChI is InChI=1S/C33H46N4O2/c1-4-20-36-24(2)12-19-31-30(36)18-13-25(3)37(31)32(28-10-9-11-29(38)23-28)26-14-16-27(17-15-26)33(39)34-35-21-7-5-6-8-22-35/h4,9-11,14-17,23-25,30-32,38H,1,5-8,12-13,18-22H2,2-3H3,(H,34,39). The fourth-order valence-electron chi connectivity index (χ4n) is 7.26. The molecule has 1 amide bonds. The highest BCUT2D eigenvalue weighted by molar-refractivity contribution is 5.93. The number of carbonyl (C=O) groups excluding carboxylic acids is 1. The van der Waals surface area contributed by atoms with Gasteiger partial charge in [0.1, 0.15) is 5.75 Å². The van der Waals surface area contributed by atoms with E-state index in [1.54, 1.807) is 6.07 Å². The molecule has 0 saturated carbocycles. The van der Waals surface area contributed by atoms with Crippen LogP contribution in [0.3, 0.4) is 0 Å². The van der Waals surface area contributed by atoms with Crippen molar-refractivity contribution >= 4 is 5.91 Å². The molecule has 3 fully saturated rings. The zero-order valence-electron chi connectivity index (χ0n) is 23.8. The third kappa shape index (κ3) is 6.24. The Morgan fingerprint density at radius 1 is 0.949 bits per heavy atom. The van der Waals surface area contributed by atoms with E-state index in [-0.39, 0.29) is 17.7 Å². The number of fused-ring (bicyclic) bond motifs is 1. The van der Waals surface area contributed by atoms with Crippen molar-refractivity contribution in [3.63, 3.8) is 0 Å². The zero-order valence-corrected chi connectivity index (χ0v) is 23.8. The molecule has 0 aliphatic carbocycles. The number of nitrogens with zero attached hydrogens (tertiary/aromatic N) is 3. The largest absolute Gasteiger partial charge is 0.508 e. The molecule has 2 N–H and O–H groups in total. The molecule has 210 valence electrons. The van der Waals surface area contributed by atoms with Crippen molar-refractivity contribution in [1.29, 1.82) is 0 Å². The van der Waals surface area contributed by atoms with E-state index in [4.69, 9.17) is 0 Å². The van der Waals surface area contributed by atoms with Gasteiger partial charge >= 0.3 is 0 Å². The molecule has 0 bridgehead atoms. The molecular formula is C33H46N4O2. The molecular weight excluding hydrogens is 484 g/mol. The number of amides is 1. The quantitative estimate of drug-likeness (QED) is 0.437. The molecule has 0 spiro atoms. The summed E-state index contributed by atoms with van der Waals surface area (Å²) in [5.41, 5.74) is 6.07. The minimum Gasteiger partial charge on any atom is -0.508 e. The number of likely N-dealkylation sites (tertiary alicyclic amines) is 2. The molecule has 3 saturated heterocycles. The van der Waals surface area contributed by atoms with Gasteiger partial charge in [-0.3, -0.25) is 20.0 Å². The van der Waals surface area contributed by atoms with Crippen LogP contribution < -0.4 is 5.43 Å². The number of piperidine rings is 2. The number of benzene rings is 2. The maximum Gasteiger partial charge on any atom is 0.265 e. The summed E-state index contributed by atoms with van der Waals surface area (Å²) in [6, 6.07) is 17.8. The number of aromatic hydroxyl groups is 1. The van der Waals surface area contributed by atoms with Gasteiger partial charge in [-0.15, -0.1) is 6.58 Å². The number of hydrogen-bond donors (Lipinski definition) is 2. The molecule has 2 aromatic carbocycles. The van der Waals surface area contributed by atoms with Gasteiger partial charge in [-0.1, -0.05) is 43.2 Å². The van der Waals surface area contributed by atoms with Crippen LogP contribution in [0.2, 0.25) is 0 Å². The van der Waals surface area contributed by atoms with Crippen LogP contribution in [0.15, 0.2) is 61.2 Å². The number of nitrogens with one attached hydrogen (secondary N) is 1. The summed E-state index contributed by atoms with van der Waals surface area (Å²) in [5.74, 6) is 0.253. The number of rotatable bonds is 7. The first-order chi connectivity index (χ1) is 19.0. The summed E-state index contributed by atoms with van der Waals surface area (Å²) >= 11 is 0. The lowest BCUT2D eigenvalue weighted by atomic mass is 9.79. The molecule has 3 aliphatic heterocycles. The lowest BCUT2D eigenvalue weighted by Crippen LogP contribution is -2.63. The minimum absolute atomic E-state index is 0.00149. The first-order valence-corrected chi connectivity index (χ1v) is 15.0. The average Bonchev–Trinajstić information content (AvgIpc) is 3.21. The van der Waals surface area contributed by atoms with Crippen LogP contribution in [-0.4, -0.2) is 69.6 Å². The first kappa shape index (κ1) is 27.9. The lowest BCUT2D eigenvalue weighted by molar-refractivity contribution is -0.0499. The molecule has 3 aliphatic rings. The summed E-state index contributed by atoms with van der Waals surface area (Å²) < 4.78 is 0. The third-order valence-corrected chi connectivity index (χ3v) is 9.27. The number of carbonyl (C=O) groups is 1. The van der Waals surface area contributed by atoms with E-state index in [2.05, 4.69) is 58.9 Å². The topological polar surface area (TPSA) is 59.0 Å². The molecule has 5 unspecified atom stereocenters. The minimum atomic E-state index is -0.0369. The Kier molecular flexibility index (Phi) is 9.06. The normalized spacial score (nSPS) is 27.7. The second-order valence-corrected chi connectivity index (χ2v) is 11.9. The summed E-state index contributed by atoms with van der Waals surface area (Å²) in [5, 5.41) is 12.5. The van der Waals surface area contributed by atoms with Crippen molar-refractivity contribution < 1.29 is 9.90 Å². The van der Waals surface area contributed by atoms with Gasteiger partial charge in [0.25, 0.3) is 5.91 Å². The van der Waals surface area contributed by atoms with Gasteiger partial charge in [-0.25, -0.2) is 5.01 Å².